The summed E-state index contributed by atoms with van der Waals surface area (Å²) in [5.41, 5.74) is 0.558. The second-order valence-corrected chi connectivity index (χ2v) is 6.23. The summed E-state index contributed by atoms with van der Waals surface area (Å²) in [5.74, 6) is 0. The lowest BCUT2D eigenvalue weighted by atomic mass is 9.71. The lowest BCUT2D eigenvalue weighted by molar-refractivity contribution is -0.110. The Labute approximate surface area is 122 Å². The predicted octanol–water partition coefficient (Wildman–Crippen LogP) is 2.87. The fourth-order valence-corrected chi connectivity index (χ4v) is 4.08. The maximum Gasteiger partial charge on any atom is 0.100 e. The van der Waals surface area contributed by atoms with E-state index in [2.05, 4.69) is 29.3 Å². The second kappa shape index (κ2) is 5.74. The molecule has 0 unspecified atom stereocenters. The molecule has 0 aromatic heterocycles. The summed E-state index contributed by atoms with van der Waals surface area (Å²) in [6.45, 7) is 4.35. The van der Waals surface area contributed by atoms with E-state index in [1.54, 1.807) is 0 Å². The molecule has 0 radical (unpaired) electrons. The lowest BCUT2D eigenvalue weighted by Crippen LogP contribution is -2.66. The highest BCUT2D eigenvalue weighted by atomic mass is 16.3. The second-order valence-electron chi connectivity index (χ2n) is 6.23. The van der Waals surface area contributed by atoms with E-state index in [1.807, 2.05) is 18.2 Å². The molecular weight excluding hydrogens is 248 g/mol. The van der Waals surface area contributed by atoms with Crippen LogP contribution < -0.4 is 5.32 Å². The van der Waals surface area contributed by atoms with E-state index in [0.717, 1.165) is 44.5 Å². The topological polar surface area (TPSA) is 35.5 Å². The van der Waals surface area contributed by atoms with Gasteiger partial charge in [-0.3, -0.25) is 4.90 Å². The number of hydrogen-bond donors (Lipinski definition) is 2. The quantitative estimate of drug-likeness (QED) is 0.889. The van der Waals surface area contributed by atoms with Crippen molar-refractivity contribution in [2.75, 3.05) is 18.4 Å². The number of anilines is 1. The molecule has 1 aliphatic carbocycles. The van der Waals surface area contributed by atoms with E-state index < -0.39 is 5.60 Å². The Morgan fingerprint density at radius 2 is 2.05 bits per heavy atom. The third-order valence-corrected chi connectivity index (χ3v) is 5.15. The Bertz CT molecular complexity index is 436. The van der Waals surface area contributed by atoms with Gasteiger partial charge in [-0.05, 0) is 37.9 Å². The molecule has 3 heteroatoms. The average molecular weight is 274 g/mol. The number of para-hydroxylation sites is 1. The first-order valence-corrected chi connectivity index (χ1v) is 8.02. The van der Waals surface area contributed by atoms with Crippen LogP contribution in [0.2, 0.25) is 0 Å². The maximum absolute atomic E-state index is 11.3. The number of nitrogens with zero attached hydrogens (tertiary/aromatic N) is 1. The molecule has 3 rings (SSSR count). The van der Waals surface area contributed by atoms with E-state index in [9.17, 15) is 5.11 Å². The van der Waals surface area contributed by atoms with Gasteiger partial charge < -0.3 is 10.4 Å². The third kappa shape index (κ3) is 2.45. The fourth-order valence-electron chi connectivity index (χ4n) is 4.08. The molecule has 1 aromatic carbocycles. The Kier molecular flexibility index (Phi) is 3.99. The summed E-state index contributed by atoms with van der Waals surface area (Å²) in [6, 6.07) is 10.8. The minimum absolute atomic E-state index is 0.179. The molecule has 0 spiro atoms. The van der Waals surface area contributed by atoms with Crippen molar-refractivity contribution in [1.29, 1.82) is 0 Å². The molecule has 20 heavy (non-hydrogen) atoms. The summed E-state index contributed by atoms with van der Waals surface area (Å²) in [7, 11) is 0. The Morgan fingerprint density at radius 3 is 2.80 bits per heavy atom. The van der Waals surface area contributed by atoms with Crippen LogP contribution in [-0.2, 0) is 0 Å². The summed E-state index contributed by atoms with van der Waals surface area (Å²) in [6.07, 6.45) is 5.49. The number of fused-ring (bicyclic) bond motifs is 1. The maximum atomic E-state index is 11.3. The average Bonchev–Trinajstić information content (AvgIpc) is 2.49. The van der Waals surface area contributed by atoms with Crippen molar-refractivity contribution in [2.45, 2.75) is 56.7 Å². The smallest absolute Gasteiger partial charge is 0.100 e. The normalized spacial score (nSPS) is 34.5. The summed E-state index contributed by atoms with van der Waals surface area (Å²) < 4.78 is 0. The molecule has 1 aromatic rings. The highest BCUT2D eigenvalue weighted by molar-refractivity contribution is 5.44. The summed E-state index contributed by atoms with van der Waals surface area (Å²) in [4.78, 5) is 2.47. The van der Waals surface area contributed by atoms with Crippen LogP contribution in [0.1, 0.15) is 39.0 Å². The van der Waals surface area contributed by atoms with Crippen molar-refractivity contribution in [1.82, 2.24) is 4.90 Å². The zero-order valence-corrected chi connectivity index (χ0v) is 12.4. The molecule has 3 atom stereocenters. The molecule has 3 nitrogen and oxygen atoms in total. The van der Waals surface area contributed by atoms with E-state index >= 15 is 0 Å². The van der Waals surface area contributed by atoms with Crippen LogP contribution in [0.4, 0.5) is 5.69 Å². The largest absolute Gasteiger partial charge is 0.386 e. The van der Waals surface area contributed by atoms with Crippen LogP contribution in [0.25, 0.3) is 0 Å². The molecule has 0 bridgehead atoms. The Hall–Kier alpha value is -1.06. The number of likely N-dealkylation sites (tertiary alicyclic amines) is 1. The fraction of sp³-hybridized carbons (Fsp3) is 0.647. The van der Waals surface area contributed by atoms with Gasteiger partial charge >= 0.3 is 0 Å². The van der Waals surface area contributed by atoms with Crippen LogP contribution in [0.3, 0.4) is 0 Å². The number of benzene rings is 1. The van der Waals surface area contributed by atoms with Gasteiger partial charge in [0.25, 0.3) is 0 Å². The number of piperidine rings is 1. The minimum atomic E-state index is -0.567. The molecule has 110 valence electrons. The molecule has 1 saturated heterocycles. The van der Waals surface area contributed by atoms with E-state index in [4.69, 9.17) is 0 Å². The third-order valence-electron chi connectivity index (χ3n) is 5.15. The molecule has 1 aliphatic heterocycles. The summed E-state index contributed by atoms with van der Waals surface area (Å²) in [5, 5.41) is 14.9. The molecule has 1 heterocycles. The zero-order valence-electron chi connectivity index (χ0n) is 12.4. The van der Waals surface area contributed by atoms with Gasteiger partial charge in [0, 0.05) is 18.3 Å². The highest BCUT2D eigenvalue weighted by Gasteiger charge is 2.50. The number of aliphatic hydroxyl groups is 1. The van der Waals surface area contributed by atoms with Crippen LogP contribution in [-0.4, -0.2) is 40.8 Å². The molecule has 0 amide bonds. The van der Waals surface area contributed by atoms with Crippen molar-refractivity contribution in [3.8, 4) is 0 Å². The van der Waals surface area contributed by atoms with E-state index in [-0.39, 0.29) is 6.04 Å². The van der Waals surface area contributed by atoms with E-state index in [1.165, 1.54) is 6.42 Å². The first-order valence-electron chi connectivity index (χ1n) is 8.02. The van der Waals surface area contributed by atoms with Gasteiger partial charge in [-0.15, -0.1) is 0 Å². The lowest BCUT2D eigenvalue weighted by Gasteiger charge is -2.54. The molecule has 1 saturated carbocycles. The number of nitrogens with one attached hydrogen (secondary N) is 1. The van der Waals surface area contributed by atoms with Gasteiger partial charge in [0.2, 0.25) is 0 Å². The van der Waals surface area contributed by atoms with Crippen LogP contribution in [0.5, 0.6) is 0 Å². The first kappa shape index (κ1) is 13.9. The van der Waals surface area contributed by atoms with Crippen molar-refractivity contribution in [3.63, 3.8) is 0 Å². The number of likely N-dealkylation sites (N-methyl/N-ethyl adjacent to an activating group) is 1. The zero-order chi connectivity index (χ0) is 14.0. The van der Waals surface area contributed by atoms with E-state index in [0.29, 0.717) is 6.04 Å². The van der Waals surface area contributed by atoms with Gasteiger partial charge in [0.1, 0.15) is 5.60 Å². The van der Waals surface area contributed by atoms with Crippen LogP contribution in [0.15, 0.2) is 30.3 Å². The van der Waals surface area contributed by atoms with Gasteiger partial charge in [0.05, 0.1) is 6.04 Å². The van der Waals surface area contributed by atoms with Crippen molar-refractivity contribution in [2.24, 2.45) is 0 Å². The highest BCUT2D eigenvalue weighted by Crippen LogP contribution is 2.40. The number of rotatable bonds is 3. The van der Waals surface area contributed by atoms with Crippen molar-refractivity contribution in [3.05, 3.63) is 30.3 Å². The van der Waals surface area contributed by atoms with Crippen molar-refractivity contribution < 1.29 is 5.11 Å². The van der Waals surface area contributed by atoms with Gasteiger partial charge in [-0.25, -0.2) is 0 Å². The Balaban J connectivity index is 1.80. The first-order chi connectivity index (χ1) is 9.74. The monoisotopic (exact) mass is 274 g/mol. The van der Waals surface area contributed by atoms with Gasteiger partial charge in [-0.1, -0.05) is 38.0 Å². The Morgan fingerprint density at radius 1 is 1.25 bits per heavy atom. The SMILES string of the molecule is CCN1CC[C@@H](Nc2ccccc2)[C@@]2(O)CCCC[C@@H]12. The molecule has 2 aliphatic rings. The van der Waals surface area contributed by atoms with Gasteiger partial charge in [0.15, 0.2) is 0 Å². The van der Waals surface area contributed by atoms with Crippen LogP contribution in [0, 0.1) is 0 Å². The van der Waals surface area contributed by atoms with Crippen LogP contribution >= 0.6 is 0 Å². The minimum Gasteiger partial charge on any atom is -0.386 e. The molecule has 2 N–H and O–H groups in total. The predicted molar refractivity (Wildman–Crippen MR) is 82.9 cm³/mol. The summed E-state index contributed by atoms with van der Waals surface area (Å²) >= 11 is 0. The molecule has 2 fully saturated rings. The van der Waals surface area contributed by atoms with Crippen molar-refractivity contribution >= 4 is 5.69 Å². The van der Waals surface area contributed by atoms with Gasteiger partial charge in [-0.2, -0.15) is 0 Å². The standard InChI is InChI=1S/C17H26N2O/c1-2-19-13-11-15(18-14-8-4-3-5-9-14)17(20)12-7-6-10-16(17)19/h3-5,8-9,15-16,18,20H,2,6-7,10-13H2,1H3/t15-,16-,17+/m1/s1. The molecular formula is C17H26N2O. The number of hydrogen-bond acceptors (Lipinski definition) is 3.